The summed E-state index contributed by atoms with van der Waals surface area (Å²) in [5, 5.41) is 36.0. The normalized spacial score (nSPS) is 48.8. The summed E-state index contributed by atoms with van der Waals surface area (Å²) in [6, 6.07) is 18.8. The average molecular weight is 617 g/mol. The lowest BCUT2D eigenvalue weighted by Crippen LogP contribution is -2.72. The first kappa shape index (κ1) is 29.5. The van der Waals surface area contributed by atoms with Gasteiger partial charge in [-0.15, -0.1) is 0 Å². The molecule has 3 aliphatic carbocycles. The Bertz CT molecular complexity index is 1560. The van der Waals surface area contributed by atoms with E-state index < -0.39 is 77.2 Å². The van der Waals surface area contributed by atoms with Crippen LogP contribution in [0.2, 0.25) is 0 Å². The standard InChI is InChI=1S/C36H40O9/c1-20(2)32-18-22(4)35-25-17-21(3)28(41-26(38)16-15-23-11-7-5-8-12-23)34(25,40)31(39)33(19-37)30(42-33)27(35)29(32)43-36(44-32,45-35)24-13-9-6-10-14-24/h5-16,21-22,25,27-31,37,39-40H,1,17-19H2,2-4H3/b16-15+/t21-,22+,25+,27+,28-,29+,30-,31+,32+,33-,34+,35-,36?/m0/s1. The minimum absolute atomic E-state index is 0.230. The number of carbonyl (C=O) groups excluding carboxylic acids is 1. The molecule has 9 heteroatoms. The summed E-state index contributed by atoms with van der Waals surface area (Å²) in [6.07, 6.45) is -0.124. The second-order valence-electron chi connectivity index (χ2n) is 14.1. The number of rotatable bonds is 6. The van der Waals surface area contributed by atoms with E-state index in [-0.39, 0.29) is 11.8 Å². The van der Waals surface area contributed by atoms with Gasteiger partial charge in [0.15, 0.2) is 0 Å². The van der Waals surface area contributed by atoms with E-state index in [1.165, 1.54) is 6.08 Å². The maximum absolute atomic E-state index is 13.3. The number of hydrogen-bond acceptors (Lipinski definition) is 9. The van der Waals surface area contributed by atoms with Crippen LogP contribution in [0.15, 0.2) is 78.9 Å². The summed E-state index contributed by atoms with van der Waals surface area (Å²) in [5.41, 5.74) is -3.32. The number of aliphatic hydroxyl groups is 3. The first-order valence-electron chi connectivity index (χ1n) is 15.9. The number of ether oxygens (including phenoxy) is 5. The van der Waals surface area contributed by atoms with Crippen molar-refractivity contribution >= 4 is 12.0 Å². The number of esters is 1. The third-order valence-corrected chi connectivity index (χ3v) is 11.8. The second kappa shape index (κ2) is 9.58. The van der Waals surface area contributed by atoms with Gasteiger partial charge < -0.3 is 39.0 Å². The van der Waals surface area contributed by atoms with Crippen LogP contribution in [-0.2, 0) is 34.5 Å². The highest BCUT2D eigenvalue weighted by molar-refractivity contribution is 5.87. The molecule has 2 aromatic rings. The SMILES string of the molecule is C=C(C)[C@]12C[C@@H](C)[C@@]34OC(c5ccccc5)(O[C@@H]1[C@@H]3[C@@H]1O[C@]1(CO)[C@@H](O)[C@@]1(O)[C@H]4C[C@H](C)[C@@H]1OC(=O)/C=C/c1ccccc1)O2. The van der Waals surface area contributed by atoms with E-state index in [0.29, 0.717) is 18.4 Å². The van der Waals surface area contributed by atoms with Crippen LogP contribution in [0.4, 0.5) is 0 Å². The Morgan fingerprint density at radius 2 is 1.73 bits per heavy atom. The van der Waals surface area contributed by atoms with Crippen molar-refractivity contribution in [1.82, 2.24) is 0 Å². The number of benzene rings is 2. The van der Waals surface area contributed by atoms with E-state index >= 15 is 0 Å². The highest BCUT2D eigenvalue weighted by Crippen LogP contribution is 2.75. The van der Waals surface area contributed by atoms with Crippen molar-refractivity contribution in [3.8, 4) is 0 Å². The van der Waals surface area contributed by atoms with Gasteiger partial charge in [-0.05, 0) is 48.8 Å². The molecule has 0 amide bonds. The number of epoxide rings is 1. The van der Waals surface area contributed by atoms with Gasteiger partial charge in [0.2, 0.25) is 0 Å². The fraction of sp³-hybridized carbons (Fsp3) is 0.528. The monoisotopic (exact) mass is 616 g/mol. The van der Waals surface area contributed by atoms with Gasteiger partial charge in [-0.3, -0.25) is 0 Å². The van der Waals surface area contributed by atoms with Crippen molar-refractivity contribution in [2.24, 2.45) is 23.7 Å². The van der Waals surface area contributed by atoms with Crippen LogP contribution < -0.4 is 0 Å². The van der Waals surface area contributed by atoms with Crippen molar-refractivity contribution in [1.29, 1.82) is 0 Å². The molecule has 0 spiro atoms. The van der Waals surface area contributed by atoms with Crippen LogP contribution in [0.25, 0.3) is 6.08 Å². The van der Waals surface area contributed by atoms with Crippen LogP contribution in [0, 0.1) is 23.7 Å². The molecule has 6 fully saturated rings. The lowest BCUT2D eigenvalue weighted by Gasteiger charge is -2.60. The lowest BCUT2D eigenvalue weighted by molar-refractivity contribution is -0.443. The molecule has 3 bridgehead atoms. The predicted molar refractivity (Wildman–Crippen MR) is 161 cm³/mol. The van der Waals surface area contributed by atoms with Crippen molar-refractivity contribution in [2.45, 2.75) is 86.4 Å². The van der Waals surface area contributed by atoms with Gasteiger partial charge in [0.05, 0.1) is 12.2 Å². The van der Waals surface area contributed by atoms with E-state index in [0.717, 1.165) is 11.1 Å². The topological polar surface area (TPSA) is 127 Å². The molecule has 0 aromatic heterocycles. The van der Waals surface area contributed by atoms with Crippen LogP contribution >= 0.6 is 0 Å². The van der Waals surface area contributed by atoms with Gasteiger partial charge in [0, 0.05) is 23.5 Å². The molecule has 3 saturated heterocycles. The van der Waals surface area contributed by atoms with Crippen molar-refractivity contribution in [2.75, 3.05) is 6.61 Å². The van der Waals surface area contributed by atoms with Crippen LogP contribution in [-0.4, -0.2) is 74.7 Å². The predicted octanol–water partition coefficient (Wildman–Crippen LogP) is 3.47. The summed E-state index contributed by atoms with van der Waals surface area (Å²) in [4.78, 5) is 13.3. The molecule has 0 radical (unpaired) electrons. The summed E-state index contributed by atoms with van der Waals surface area (Å²) in [5.74, 6) is -4.08. The first-order chi connectivity index (χ1) is 21.5. The lowest BCUT2D eigenvalue weighted by atomic mass is 9.54. The van der Waals surface area contributed by atoms with Crippen LogP contribution in [0.1, 0.15) is 44.7 Å². The van der Waals surface area contributed by atoms with Crippen molar-refractivity contribution in [3.05, 3.63) is 90.0 Å². The van der Waals surface area contributed by atoms with E-state index in [1.807, 2.05) is 74.5 Å². The zero-order chi connectivity index (χ0) is 31.6. The number of carbonyl (C=O) groups is 1. The van der Waals surface area contributed by atoms with Gasteiger partial charge in [0.25, 0.3) is 0 Å². The molecule has 6 aliphatic rings. The molecule has 3 aliphatic heterocycles. The van der Waals surface area contributed by atoms with Gasteiger partial charge in [-0.25, -0.2) is 4.79 Å². The minimum Gasteiger partial charge on any atom is -0.456 e. The van der Waals surface area contributed by atoms with Gasteiger partial charge in [-0.1, -0.05) is 81.1 Å². The molecular weight excluding hydrogens is 576 g/mol. The number of fused-ring (bicyclic) bond motifs is 3. The third kappa shape index (κ3) is 3.60. The van der Waals surface area contributed by atoms with Gasteiger partial charge in [0.1, 0.15) is 41.2 Å². The highest BCUT2D eigenvalue weighted by Gasteiger charge is 2.89. The Kier molecular flexibility index (Phi) is 6.28. The van der Waals surface area contributed by atoms with Crippen molar-refractivity contribution < 1.29 is 43.8 Å². The van der Waals surface area contributed by atoms with Crippen LogP contribution in [0.3, 0.4) is 0 Å². The Morgan fingerprint density at radius 1 is 1.04 bits per heavy atom. The molecule has 2 aromatic carbocycles. The summed E-state index contributed by atoms with van der Waals surface area (Å²) >= 11 is 0. The van der Waals surface area contributed by atoms with E-state index in [9.17, 15) is 20.1 Å². The van der Waals surface area contributed by atoms with Gasteiger partial charge >= 0.3 is 11.9 Å². The Hall–Kier alpha value is -2.89. The fourth-order valence-electron chi connectivity index (χ4n) is 9.84. The Morgan fingerprint density at radius 3 is 2.40 bits per heavy atom. The van der Waals surface area contributed by atoms with E-state index in [2.05, 4.69) is 13.5 Å². The highest BCUT2D eigenvalue weighted by atomic mass is 16.9. The molecule has 13 atom stereocenters. The zero-order valence-corrected chi connectivity index (χ0v) is 25.7. The molecule has 3 N–H and O–H groups in total. The summed E-state index contributed by atoms with van der Waals surface area (Å²) in [6.45, 7) is 9.70. The van der Waals surface area contributed by atoms with Gasteiger partial charge in [-0.2, -0.15) is 0 Å². The van der Waals surface area contributed by atoms with E-state index in [1.54, 1.807) is 6.08 Å². The smallest absolute Gasteiger partial charge is 0.331 e. The fourth-order valence-corrected chi connectivity index (χ4v) is 9.84. The molecule has 9 nitrogen and oxygen atoms in total. The molecule has 1 unspecified atom stereocenters. The second-order valence-corrected chi connectivity index (χ2v) is 14.1. The molecule has 45 heavy (non-hydrogen) atoms. The molecule has 238 valence electrons. The number of aliphatic hydroxyl groups excluding tert-OH is 2. The maximum atomic E-state index is 13.3. The quantitative estimate of drug-likeness (QED) is 0.194. The summed E-state index contributed by atoms with van der Waals surface area (Å²) in [7, 11) is 0. The molecule has 3 heterocycles. The molecular formula is C36H40O9. The average Bonchev–Trinajstić information content (AvgIpc) is 3.67. The zero-order valence-electron chi connectivity index (χ0n) is 25.7. The largest absolute Gasteiger partial charge is 0.456 e. The minimum atomic E-state index is -2.02. The summed E-state index contributed by atoms with van der Waals surface area (Å²) < 4.78 is 33.3. The Balaban J connectivity index is 1.27. The third-order valence-electron chi connectivity index (χ3n) is 11.8. The van der Waals surface area contributed by atoms with Crippen LogP contribution in [0.5, 0.6) is 0 Å². The van der Waals surface area contributed by atoms with Crippen molar-refractivity contribution in [3.63, 3.8) is 0 Å². The number of hydrogen-bond donors (Lipinski definition) is 3. The Labute approximate surface area is 262 Å². The first-order valence-corrected chi connectivity index (χ1v) is 15.9. The maximum Gasteiger partial charge on any atom is 0.331 e. The molecule has 3 saturated carbocycles. The van der Waals surface area contributed by atoms with E-state index in [4.69, 9.17) is 23.7 Å². The molecule has 8 rings (SSSR count).